The quantitative estimate of drug-likeness (QED) is 0.495. The Balaban J connectivity index is 1.76. The number of aromatic nitrogens is 2. The average Bonchev–Trinajstić information content (AvgIpc) is 3.13. The number of ether oxygens (including phenoxy) is 2. The largest absolute Gasteiger partial charge is 0.491 e. The average molecular weight is 434 g/mol. The first-order valence-corrected chi connectivity index (χ1v) is 11.1. The number of aryl methyl sites for hydroxylation is 1. The molecule has 32 heavy (non-hydrogen) atoms. The van der Waals surface area contributed by atoms with Crippen LogP contribution in [0, 0.1) is 0 Å². The molecule has 5 rings (SSSR count). The first kappa shape index (κ1) is 20.7. The molecule has 1 N–H and O–H groups in total. The molecule has 7 heteroatoms. The molecule has 0 spiro atoms. The molecule has 0 saturated heterocycles. The zero-order chi connectivity index (χ0) is 22.8. The molecule has 2 aromatic heterocycles. The molecule has 1 unspecified atom stereocenters. The van der Waals surface area contributed by atoms with Gasteiger partial charge in [0.25, 0.3) is 5.56 Å². The fourth-order valence-electron chi connectivity index (χ4n) is 4.89. The van der Waals surface area contributed by atoms with Gasteiger partial charge < -0.3 is 19.1 Å². The van der Waals surface area contributed by atoms with Gasteiger partial charge in [0, 0.05) is 16.5 Å². The second-order valence-electron chi connectivity index (χ2n) is 8.72. The Morgan fingerprint density at radius 3 is 2.69 bits per heavy atom. The van der Waals surface area contributed by atoms with Gasteiger partial charge in [0.2, 0.25) is 0 Å². The van der Waals surface area contributed by atoms with Crippen LogP contribution in [0.4, 0.5) is 0 Å². The van der Waals surface area contributed by atoms with Crippen LogP contribution in [0.5, 0.6) is 5.75 Å². The number of esters is 1. The Hall–Kier alpha value is -3.19. The first-order valence-electron chi connectivity index (χ1n) is 11.1. The standard InChI is InChI=1S/C25H26N2O5/c1-5-15-16-9-14(32-13(3)4)7-8-20(16)26-22-17(15)11-27-21(22)10-19-18(23(27)28)12-31-24(29)25(19,30)6-2/h7-10,13,30H,5-6,11-12H2,1-4H3. The van der Waals surface area contributed by atoms with Crippen molar-refractivity contribution in [1.82, 2.24) is 9.55 Å². The number of pyridine rings is 2. The molecule has 166 valence electrons. The van der Waals surface area contributed by atoms with E-state index in [9.17, 15) is 14.7 Å². The summed E-state index contributed by atoms with van der Waals surface area (Å²) in [5, 5.41) is 12.0. The maximum atomic E-state index is 13.4. The number of carbonyl (C=O) groups is 1. The molecule has 2 aliphatic rings. The molecule has 0 amide bonds. The van der Waals surface area contributed by atoms with Crippen LogP contribution in [-0.4, -0.2) is 26.7 Å². The van der Waals surface area contributed by atoms with E-state index in [1.165, 1.54) is 0 Å². The monoisotopic (exact) mass is 434 g/mol. The number of hydrogen-bond acceptors (Lipinski definition) is 6. The number of fused-ring (bicyclic) bond motifs is 5. The predicted octanol–water partition coefficient (Wildman–Crippen LogP) is 3.43. The van der Waals surface area contributed by atoms with Crippen molar-refractivity contribution in [3.05, 3.63) is 56.9 Å². The Bertz CT molecular complexity index is 1340. The van der Waals surface area contributed by atoms with Crippen LogP contribution in [0.2, 0.25) is 0 Å². The molecule has 7 nitrogen and oxygen atoms in total. The highest BCUT2D eigenvalue weighted by Crippen LogP contribution is 2.40. The molecule has 0 aliphatic carbocycles. The summed E-state index contributed by atoms with van der Waals surface area (Å²) >= 11 is 0. The number of rotatable bonds is 4. The van der Waals surface area contributed by atoms with Gasteiger partial charge >= 0.3 is 5.97 Å². The fraction of sp³-hybridized carbons (Fsp3) is 0.400. The Kier molecular flexibility index (Phi) is 4.64. The second-order valence-corrected chi connectivity index (χ2v) is 8.72. The minimum absolute atomic E-state index is 0.0660. The Morgan fingerprint density at radius 1 is 1.22 bits per heavy atom. The molecule has 3 aromatic rings. The number of hydrogen-bond donors (Lipinski definition) is 1. The van der Waals surface area contributed by atoms with E-state index in [1.54, 1.807) is 17.6 Å². The zero-order valence-corrected chi connectivity index (χ0v) is 18.7. The summed E-state index contributed by atoms with van der Waals surface area (Å²) in [7, 11) is 0. The van der Waals surface area contributed by atoms with Crippen LogP contribution in [-0.2, 0) is 34.7 Å². The maximum Gasteiger partial charge on any atom is 0.343 e. The summed E-state index contributed by atoms with van der Waals surface area (Å²) in [6.45, 7) is 8.04. The lowest BCUT2D eigenvalue weighted by Crippen LogP contribution is -2.44. The maximum absolute atomic E-state index is 13.4. The van der Waals surface area contributed by atoms with Crippen molar-refractivity contribution in [3.63, 3.8) is 0 Å². The highest BCUT2D eigenvalue weighted by Gasteiger charge is 2.45. The van der Waals surface area contributed by atoms with Crippen molar-refractivity contribution in [3.8, 4) is 17.1 Å². The lowest BCUT2D eigenvalue weighted by atomic mass is 9.86. The predicted molar refractivity (Wildman–Crippen MR) is 120 cm³/mol. The lowest BCUT2D eigenvalue weighted by Gasteiger charge is -2.31. The van der Waals surface area contributed by atoms with Gasteiger partial charge in [-0.1, -0.05) is 13.8 Å². The van der Waals surface area contributed by atoms with E-state index in [4.69, 9.17) is 14.5 Å². The van der Waals surface area contributed by atoms with Crippen LogP contribution < -0.4 is 10.3 Å². The molecule has 0 saturated carbocycles. The zero-order valence-electron chi connectivity index (χ0n) is 18.7. The van der Waals surface area contributed by atoms with E-state index in [0.29, 0.717) is 23.4 Å². The summed E-state index contributed by atoms with van der Waals surface area (Å²) in [6, 6.07) is 7.61. The molecule has 2 aliphatic heterocycles. The smallest absolute Gasteiger partial charge is 0.343 e. The van der Waals surface area contributed by atoms with Crippen molar-refractivity contribution in [2.45, 2.75) is 65.4 Å². The third-order valence-electron chi connectivity index (χ3n) is 6.50. The normalized spacial score (nSPS) is 19.0. The summed E-state index contributed by atoms with van der Waals surface area (Å²) in [6.07, 6.45) is 0.963. The number of carbonyl (C=O) groups excluding carboxylic acids is 1. The van der Waals surface area contributed by atoms with Crippen LogP contribution in [0.25, 0.3) is 22.3 Å². The molecule has 4 heterocycles. The molecule has 1 atom stereocenters. The van der Waals surface area contributed by atoms with Gasteiger partial charge in [0.15, 0.2) is 5.60 Å². The van der Waals surface area contributed by atoms with E-state index in [2.05, 4.69) is 6.92 Å². The SMILES string of the molecule is CCc1c2c(nc3ccc(OC(C)C)cc13)-c1cc3c(c(=O)n1C2)COC(=O)C3(O)CC. The molecule has 0 radical (unpaired) electrons. The topological polar surface area (TPSA) is 90.6 Å². The van der Waals surface area contributed by atoms with Crippen molar-refractivity contribution in [2.75, 3.05) is 0 Å². The van der Waals surface area contributed by atoms with Gasteiger partial charge in [-0.3, -0.25) is 4.79 Å². The van der Waals surface area contributed by atoms with Gasteiger partial charge in [-0.25, -0.2) is 9.78 Å². The van der Waals surface area contributed by atoms with Crippen molar-refractivity contribution in [2.24, 2.45) is 0 Å². The van der Waals surface area contributed by atoms with Crippen LogP contribution in [0.15, 0.2) is 29.1 Å². The van der Waals surface area contributed by atoms with Crippen molar-refractivity contribution >= 4 is 16.9 Å². The second kappa shape index (κ2) is 7.17. The van der Waals surface area contributed by atoms with Crippen LogP contribution in [0.1, 0.15) is 56.4 Å². The number of nitrogens with zero attached hydrogens (tertiary/aromatic N) is 2. The third kappa shape index (κ3) is 2.80. The minimum Gasteiger partial charge on any atom is -0.491 e. The summed E-state index contributed by atoms with van der Waals surface area (Å²) in [5.74, 6) is 0.0734. The van der Waals surface area contributed by atoms with E-state index < -0.39 is 11.6 Å². The first-order chi connectivity index (χ1) is 15.3. The van der Waals surface area contributed by atoms with Crippen LogP contribution in [0.3, 0.4) is 0 Å². The number of benzene rings is 1. The van der Waals surface area contributed by atoms with Crippen molar-refractivity contribution in [1.29, 1.82) is 0 Å². The molecular weight excluding hydrogens is 408 g/mol. The van der Waals surface area contributed by atoms with Gasteiger partial charge in [-0.2, -0.15) is 0 Å². The number of aliphatic hydroxyl groups is 1. The lowest BCUT2D eigenvalue weighted by molar-refractivity contribution is -0.172. The van der Waals surface area contributed by atoms with Gasteiger partial charge in [-0.05, 0) is 56.5 Å². The summed E-state index contributed by atoms with van der Waals surface area (Å²) in [4.78, 5) is 30.6. The van der Waals surface area contributed by atoms with E-state index in [-0.39, 0.29) is 24.7 Å². The molecule has 0 bridgehead atoms. The van der Waals surface area contributed by atoms with E-state index in [1.807, 2.05) is 32.0 Å². The van der Waals surface area contributed by atoms with Gasteiger partial charge in [0.1, 0.15) is 12.4 Å². The molecule has 0 fully saturated rings. The highest BCUT2D eigenvalue weighted by molar-refractivity contribution is 5.90. The van der Waals surface area contributed by atoms with Gasteiger partial charge in [0.05, 0.1) is 35.1 Å². The van der Waals surface area contributed by atoms with E-state index in [0.717, 1.165) is 39.9 Å². The Labute approximate surface area is 185 Å². The van der Waals surface area contributed by atoms with E-state index >= 15 is 0 Å². The van der Waals surface area contributed by atoms with Gasteiger partial charge in [-0.15, -0.1) is 0 Å². The number of cyclic esters (lactones) is 1. The molecular formula is C25H26N2O5. The van der Waals surface area contributed by atoms with Crippen LogP contribution >= 0.6 is 0 Å². The highest BCUT2D eigenvalue weighted by atomic mass is 16.6. The summed E-state index contributed by atoms with van der Waals surface area (Å²) in [5.41, 5.74) is 2.89. The molecule has 1 aromatic carbocycles. The fourth-order valence-corrected chi connectivity index (χ4v) is 4.89. The Morgan fingerprint density at radius 2 is 2.00 bits per heavy atom. The van der Waals surface area contributed by atoms with Crippen molar-refractivity contribution < 1.29 is 19.4 Å². The summed E-state index contributed by atoms with van der Waals surface area (Å²) < 4.78 is 12.7. The minimum atomic E-state index is -1.82. The third-order valence-corrected chi connectivity index (χ3v) is 6.50.